The van der Waals surface area contributed by atoms with E-state index in [4.69, 9.17) is 4.74 Å². The smallest absolute Gasteiger partial charge is 0.334 e. The zero-order valence-corrected chi connectivity index (χ0v) is 10.8. The fraction of sp³-hybridized carbons (Fsp3) is 0.273. The Morgan fingerprint density at radius 2 is 2.19 bits per heavy atom. The molecular formula is C11H10INO3. The van der Waals surface area contributed by atoms with Crippen LogP contribution in [0.5, 0.6) is 0 Å². The number of nitrogens with zero attached hydrogens (tertiary/aromatic N) is 1. The van der Waals surface area contributed by atoms with Crippen molar-refractivity contribution in [1.29, 1.82) is 0 Å². The van der Waals surface area contributed by atoms with Crippen molar-refractivity contribution < 1.29 is 14.3 Å². The number of hydrogen-bond acceptors (Lipinski definition) is 4. The van der Waals surface area contributed by atoms with Crippen molar-refractivity contribution in [3.8, 4) is 0 Å². The zero-order valence-electron chi connectivity index (χ0n) is 8.64. The number of methoxy groups -OCH3 is 1. The minimum Gasteiger partial charge on any atom is -0.475 e. The Bertz CT molecular complexity index is 427. The quantitative estimate of drug-likeness (QED) is 0.611. The third-order valence-corrected chi connectivity index (χ3v) is 2.93. The second-order valence-corrected chi connectivity index (χ2v) is 4.54. The first kappa shape index (κ1) is 11.4. The summed E-state index contributed by atoms with van der Waals surface area (Å²) in [7, 11) is 1.35. The molecule has 16 heavy (non-hydrogen) atoms. The highest BCUT2D eigenvalue weighted by Crippen LogP contribution is 2.14. The van der Waals surface area contributed by atoms with Crippen LogP contribution in [0, 0.1) is 3.57 Å². The molecule has 0 saturated carbocycles. The van der Waals surface area contributed by atoms with Gasteiger partial charge in [-0.3, -0.25) is 0 Å². The molecule has 84 valence electrons. The van der Waals surface area contributed by atoms with Crippen LogP contribution in [0.4, 0.5) is 0 Å². The van der Waals surface area contributed by atoms with Gasteiger partial charge in [-0.2, -0.15) is 0 Å². The topological polar surface area (TPSA) is 47.9 Å². The lowest BCUT2D eigenvalue weighted by atomic mass is 10.2. The van der Waals surface area contributed by atoms with Gasteiger partial charge >= 0.3 is 5.97 Å². The molecule has 0 aromatic heterocycles. The van der Waals surface area contributed by atoms with Crippen LogP contribution in [-0.2, 0) is 14.3 Å². The number of esters is 1. The van der Waals surface area contributed by atoms with E-state index in [-0.39, 0.29) is 12.6 Å². The lowest BCUT2D eigenvalue weighted by molar-refractivity contribution is -0.142. The van der Waals surface area contributed by atoms with Crippen molar-refractivity contribution in [2.75, 3.05) is 13.7 Å². The predicted molar refractivity (Wildman–Crippen MR) is 67.5 cm³/mol. The van der Waals surface area contributed by atoms with Crippen LogP contribution in [0.2, 0.25) is 0 Å². The number of halogens is 1. The molecule has 1 aliphatic rings. The number of rotatable bonds is 2. The average Bonchev–Trinajstić information content (AvgIpc) is 2.78. The Kier molecular flexibility index (Phi) is 3.42. The van der Waals surface area contributed by atoms with Gasteiger partial charge in [0.25, 0.3) is 0 Å². The third kappa shape index (κ3) is 2.34. The van der Waals surface area contributed by atoms with Crippen molar-refractivity contribution in [1.82, 2.24) is 0 Å². The fourth-order valence-electron chi connectivity index (χ4n) is 1.38. The monoisotopic (exact) mass is 331 g/mol. The molecule has 1 heterocycles. The molecule has 0 aliphatic carbocycles. The van der Waals surface area contributed by atoms with Gasteiger partial charge in [0.15, 0.2) is 6.04 Å². The minimum absolute atomic E-state index is 0.258. The zero-order chi connectivity index (χ0) is 11.5. The van der Waals surface area contributed by atoms with Gasteiger partial charge in [-0.05, 0) is 46.9 Å². The van der Waals surface area contributed by atoms with Gasteiger partial charge < -0.3 is 9.47 Å². The molecule has 0 saturated heterocycles. The highest BCUT2D eigenvalue weighted by molar-refractivity contribution is 14.1. The van der Waals surface area contributed by atoms with E-state index < -0.39 is 6.04 Å². The molecule has 2 rings (SSSR count). The summed E-state index contributed by atoms with van der Waals surface area (Å²) in [6.45, 7) is 0.258. The molecule has 4 nitrogen and oxygen atoms in total. The van der Waals surface area contributed by atoms with Gasteiger partial charge in [-0.25, -0.2) is 9.79 Å². The fourth-order valence-corrected chi connectivity index (χ4v) is 1.74. The molecule has 0 spiro atoms. The summed E-state index contributed by atoms with van der Waals surface area (Å²) in [5.41, 5.74) is 0.881. The second-order valence-electron chi connectivity index (χ2n) is 3.29. The summed E-state index contributed by atoms with van der Waals surface area (Å²) in [6, 6.07) is 7.24. The van der Waals surface area contributed by atoms with Crippen LogP contribution < -0.4 is 0 Å². The van der Waals surface area contributed by atoms with Crippen molar-refractivity contribution in [2.45, 2.75) is 6.04 Å². The van der Waals surface area contributed by atoms with Gasteiger partial charge in [0.2, 0.25) is 5.90 Å². The van der Waals surface area contributed by atoms with E-state index >= 15 is 0 Å². The van der Waals surface area contributed by atoms with Crippen molar-refractivity contribution in [3.05, 3.63) is 33.4 Å². The average molecular weight is 331 g/mol. The largest absolute Gasteiger partial charge is 0.475 e. The first-order chi connectivity index (χ1) is 7.70. The van der Waals surface area contributed by atoms with E-state index in [2.05, 4.69) is 32.3 Å². The first-order valence-corrected chi connectivity index (χ1v) is 5.83. The Morgan fingerprint density at radius 3 is 2.81 bits per heavy atom. The summed E-state index contributed by atoms with van der Waals surface area (Å²) < 4.78 is 11.1. The lowest BCUT2D eigenvalue weighted by Crippen LogP contribution is -2.21. The van der Waals surface area contributed by atoms with Crippen LogP contribution in [0.3, 0.4) is 0 Å². The molecule has 5 heteroatoms. The first-order valence-electron chi connectivity index (χ1n) is 4.75. The van der Waals surface area contributed by atoms with Gasteiger partial charge in [0.1, 0.15) is 6.61 Å². The Balaban J connectivity index is 2.17. The van der Waals surface area contributed by atoms with Crippen LogP contribution in [0.25, 0.3) is 0 Å². The molecule has 1 aromatic carbocycles. The number of benzene rings is 1. The highest BCUT2D eigenvalue weighted by atomic mass is 127. The summed E-state index contributed by atoms with van der Waals surface area (Å²) in [5.74, 6) is 0.146. The Labute approximate surface area is 107 Å². The highest BCUT2D eigenvalue weighted by Gasteiger charge is 2.26. The molecular weight excluding hydrogens is 321 g/mol. The van der Waals surface area contributed by atoms with E-state index in [0.717, 1.165) is 9.13 Å². The van der Waals surface area contributed by atoms with Gasteiger partial charge in [0, 0.05) is 9.13 Å². The molecule has 0 radical (unpaired) electrons. The van der Waals surface area contributed by atoms with E-state index in [0.29, 0.717) is 5.90 Å². The molecule has 0 N–H and O–H groups in total. The number of aliphatic imine (C=N–C) groups is 1. The molecule has 1 aliphatic heterocycles. The molecule has 0 fully saturated rings. The number of carbonyl (C=O) groups is 1. The summed E-state index contributed by atoms with van der Waals surface area (Å²) in [4.78, 5) is 15.4. The van der Waals surface area contributed by atoms with Crippen LogP contribution >= 0.6 is 22.6 Å². The van der Waals surface area contributed by atoms with Gasteiger partial charge in [0.05, 0.1) is 7.11 Å². The number of carbonyl (C=O) groups excluding carboxylic acids is 1. The molecule has 1 unspecified atom stereocenters. The second kappa shape index (κ2) is 4.82. The number of hydrogen-bond donors (Lipinski definition) is 0. The molecule has 0 amide bonds. The standard InChI is InChI=1S/C11H10INO3/c1-15-11(14)9-6-16-10(13-9)7-2-4-8(12)5-3-7/h2-5,9H,6H2,1H3. The maximum atomic E-state index is 11.2. The summed E-state index contributed by atoms with van der Waals surface area (Å²) in [6.07, 6.45) is 0. The van der Waals surface area contributed by atoms with Gasteiger partial charge in [-0.15, -0.1) is 0 Å². The summed E-state index contributed by atoms with van der Waals surface area (Å²) >= 11 is 2.23. The predicted octanol–water partition coefficient (Wildman–Crippen LogP) is 1.61. The van der Waals surface area contributed by atoms with Crippen molar-refractivity contribution in [2.24, 2.45) is 4.99 Å². The lowest BCUT2D eigenvalue weighted by Gasteiger charge is -2.00. The molecule has 1 atom stereocenters. The maximum Gasteiger partial charge on any atom is 0.334 e. The summed E-state index contributed by atoms with van der Waals surface area (Å²) in [5, 5.41) is 0. The van der Waals surface area contributed by atoms with E-state index in [1.807, 2.05) is 24.3 Å². The van der Waals surface area contributed by atoms with Crippen molar-refractivity contribution >= 4 is 34.5 Å². The SMILES string of the molecule is COC(=O)C1COC(c2ccc(I)cc2)=N1. The van der Waals surface area contributed by atoms with Gasteiger partial charge in [-0.1, -0.05) is 0 Å². The number of ether oxygens (including phenoxy) is 2. The van der Waals surface area contributed by atoms with Crippen molar-refractivity contribution in [3.63, 3.8) is 0 Å². The normalized spacial score (nSPS) is 18.9. The molecule has 1 aromatic rings. The Hall–Kier alpha value is -1.11. The third-order valence-electron chi connectivity index (χ3n) is 2.22. The molecule has 0 bridgehead atoms. The van der Waals surface area contributed by atoms with Crippen LogP contribution in [0.15, 0.2) is 29.3 Å². The Morgan fingerprint density at radius 1 is 1.50 bits per heavy atom. The van der Waals surface area contributed by atoms with E-state index in [9.17, 15) is 4.79 Å². The minimum atomic E-state index is -0.528. The van der Waals surface area contributed by atoms with E-state index in [1.54, 1.807) is 0 Å². The maximum absolute atomic E-state index is 11.2. The van der Waals surface area contributed by atoms with Crippen LogP contribution in [0.1, 0.15) is 5.56 Å². The van der Waals surface area contributed by atoms with E-state index in [1.165, 1.54) is 7.11 Å². The van der Waals surface area contributed by atoms with Crippen LogP contribution in [-0.4, -0.2) is 31.6 Å².